The van der Waals surface area contributed by atoms with Crippen LogP contribution in [0.2, 0.25) is 0 Å². The fourth-order valence-electron chi connectivity index (χ4n) is 1.08. The van der Waals surface area contributed by atoms with E-state index >= 15 is 0 Å². The minimum atomic E-state index is -0.700. The number of alkyl halides is 1. The van der Waals surface area contributed by atoms with Crippen LogP contribution >= 0.6 is 15.9 Å². The summed E-state index contributed by atoms with van der Waals surface area (Å²) in [5.41, 5.74) is 0.388. The van der Waals surface area contributed by atoms with E-state index in [2.05, 4.69) is 26.2 Å². The van der Waals surface area contributed by atoms with Crippen LogP contribution in [0.1, 0.15) is 6.92 Å². The van der Waals surface area contributed by atoms with E-state index in [9.17, 15) is 9.90 Å². The predicted molar refractivity (Wildman–Crippen MR) is 71.0 cm³/mol. The number of rotatable bonds is 5. The van der Waals surface area contributed by atoms with Crippen LogP contribution < -0.4 is 0 Å². The zero-order valence-corrected chi connectivity index (χ0v) is 11.4. The highest BCUT2D eigenvalue weighted by Crippen LogP contribution is 2.15. The number of nitrogens with zero attached hydrogens (tertiary/aromatic N) is 2. The molecule has 6 heteroatoms. The first-order chi connectivity index (χ1) is 8.69. The first-order valence-corrected chi connectivity index (χ1v) is 6.43. The van der Waals surface area contributed by atoms with Gasteiger partial charge in [0.25, 0.3) is 0 Å². The maximum absolute atomic E-state index is 11.6. The van der Waals surface area contributed by atoms with E-state index in [1.165, 1.54) is 0 Å². The summed E-state index contributed by atoms with van der Waals surface area (Å²) in [4.78, 5) is 11.6. The Bertz CT molecular complexity index is 458. The molecule has 0 amide bonds. The molecule has 0 saturated heterocycles. The minimum Gasteiger partial charge on any atom is -0.509 e. The number of aliphatic hydroxyl groups is 1. The summed E-state index contributed by atoms with van der Waals surface area (Å²) >= 11 is 3.04. The molecule has 1 rings (SSSR count). The van der Waals surface area contributed by atoms with Crippen molar-refractivity contribution in [3.05, 3.63) is 41.8 Å². The molecule has 0 bridgehead atoms. The van der Waals surface area contributed by atoms with E-state index in [-0.39, 0.29) is 23.4 Å². The quantitative estimate of drug-likeness (QED) is 0.297. The van der Waals surface area contributed by atoms with Gasteiger partial charge in [0.05, 0.1) is 17.6 Å². The molecule has 1 N–H and O–H groups in total. The van der Waals surface area contributed by atoms with Crippen molar-refractivity contribution < 1.29 is 14.6 Å². The van der Waals surface area contributed by atoms with Crippen molar-refractivity contribution in [3.8, 4) is 0 Å². The number of allylic oxidation sites excluding steroid dienone is 1. The third kappa shape index (κ3) is 4.29. The summed E-state index contributed by atoms with van der Waals surface area (Å²) < 4.78 is 4.78. The molecule has 0 heterocycles. The van der Waals surface area contributed by atoms with Gasteiger partial charge in [-0.2, -0.15) is 5.11 Å². The largest absolute Gasteiger partial charge is 0.509 e. The second-order valence-electron chi connectivity index (χ2n) is 3.18. The first kappa shape index (κ1) is 14.4. The molecule has 5 nitrogen and oxygen atoms in total. The summed E-state index contributed by atoms with van der Waals surface area (Å²) in [5, 5.41) is 17.3. The van der Waals surface area contributed by atoms with Gasteiger partial charge in [-0.3, -0.25) is 0 Å². The van der Waals surface area contributed by atoms with E-state index < -0.39 is 5.97 Å². The number of halogens is 1. The van der Waals surface area contributed by atoms with E-state index in [1.807, 2.05) is 6.07 Å². The molecule has 0 unspecified atom stereocenters. The third-order valence-electron chi connectivity index (χ3n) is 1.89. The van der Waals surface area contributed by atoms with Gasteiger partial charge >= 0.3 is 5.97 Å². The topological polar surface area (TPSA) is 71.2 Å². The standard InChI is InChI=1S/C12H13BrN2O3/c1-2-18-12(17)11(10(16)8-13)15-14-9-6-4-3-5-7-9/h3-7,16H,2,8H2,1H3/b11-10+,15-14?. The van der Waals surface area contributed by atoms with E-state index in [0.717, 1.165) is 0 Å². The van der Waals surface area contributed by atoms with E-state index in [1.54, 1.807) is 31.2 Å². The number of carbonyl (C=O) groups is 1. The van der Waals surface area contributed by atoms with Crippen LogP contribution in [0.3, 0.4) is 0 Å². The van der Waals surface area contributed by atoms with Gasteiger partial charge in [-0.25, -0.2) is 4.79 Å². The van der Waals surface area contributed by atoms with Crippen LogP contribution in [0.5, 0.6) is 0 Å². The van der Waals surface area contributed by atoms with Crippen molar-refractivity contribution in [2.24, 2.45) is 10.2 Å². The van der Waals surface area contributed by atoms with Crippen LogP contribution in [0.4, 0.5) is 5.69 Å². The Morgan fingerprint density at radius 2 is 2.06 bits per heavy atom. The average Bonchev–Trinajstić information content (AvgIpc) is 2.40. The normalized spacial score (nSPS) is 12.3. The second-order valence-corrected chi connectivity index (χ2v) is 3.75. The SMILES string of the molecule is CCOC(=O)/C(N=Nc1ccccc1)=C(\O)CBr. The number of benzene rings is 1. The molecule has 0 radical (unpaired) electrons. The number of esters is 1. The van der Waals surface area contributed by atoms with Crippen molar-refractivity contribution in [2.75, 3.05) is 11.9 Å². The summed E-state index contributed by atoms with van der Waals surface area (Å²) in [6, 6.07) is 8.91. The van der Waals surface area contributed by atoms with Crippen LogP contribution in [-0.4, -0.2) is 23.0 Å². The lowest BCUT2D eigenvalue weighted by Crippen LogP contribution is -2.09. The Morgan fingerprint density at radius 1 is 1.39 bits per heavy atom. The van der Waals surface area contributed by atoms with E-state index in [4.69, 9.17) is 4.74 Å². The Kier molecular flexibility index (Phi) is 6.07. The fraction of sp³-hybridized carbons (Fsp3) is 0.250. The lowest BCUT2D eigenvalue weighted by Gasteiger charge is -2.03. The van der Waals surface area contributed by atoms with Crippen molar-refractivity contribution >= 4 is 27.6 Å². The number of azo groups is 1. The van der Waals surface area contributed by atoms with Crippen LogP contribution in [0, 0.1) is 0 Å². The number of hydrogen-bond acceptors (Lipinski definition) is 5. The molecule has 1 aromatic carbocycles. The lowest BCUT2D eigenvalue weighted by molar-refractivity contribution is -0.138. The first-order valence-electron chi connectivity index (χ1n) is 5.31. The molecular weight excluding hydrogens is 300 g/mol. The predicted octanol–water partition coefficient (Wildman–Crippen LogP) is 3.50. The Hall–Kier alpha value is -1.69. The van der Waals surface area contributed by atoms with Gasteiger partial charge in [0.2, 0.25) is 5.70 Å². The van der Waals surface area contributed by atoms with Gasteiger partial charge in [-0.1, -0.05) is 34.1 Å². The zero-order chi connectivity index (χ0) is 13.4. The molecule has 0 saturated carbocycles. The van der Waals surface area contributed by atoms with Gasteiger partial charge in [-0.15, -0.1) is 5.11 Å². The average molecular weight is 313 g/mol. The van der Waals surface area contributed by atoms with E-state index in [0.29, 0.717) is 5.69 Å². The summed E-state index contributed by atoms with van der Waals surface area (Å²) in [6.07, 6.45) is 0. The Labute approximate surface area is 113 Å². The van der Waals surface area contributed by atoms with Gasteiger partial charge in [0.15, 0.2) is 0 Å². The van der Waals surface area contributed by atoms with Crippen LogP contribution in [0.15, 0.2) is 52.0 Å². The highest BCUT2D eigenvalue weighted by molar-refractivity contribution is 9.09. The van der Waals surface area contributed by atoms with Crippen molar-refractivity contribution in [1.82, 2.24) is 0 Å². The number of ether oxygens (including phenoxy) is 1. The highest BCUT2D eigenvalue weighted by atomic mass is 79.9. The van der Waals surface area contributed by atoms with Crippen LogP contribution in [-0.2, 0) is 9.53 Å². The number of aliphatic hydroxyl groups excluding tert-OH is 1. The van der Waals surface area contributed by atoms with Gasteiger partial charge in [0.1, 0.15) is 5.76 Å². The number of hydrogen-bond donors (Lipinski definition) is 1. The smallest absolute Gasteiger partial charge is 0.362 e. The molecule has 0 aliphatic heterocycles. The maximum atomic E-state index is 11.6. The number of carbonyl (C=O) groups excluding carboxylic acids is 1. The highest BCUT2D eigenvalue weighted by Gasteiger charge is 2.15. The molecule has 0 spiro atoms. The Morgan fingerprint density at radius 3 is 2.61 bits per heavy atom. The molecule has 18 heavy (non-hydrogen) atoms. The van der Waals surface area contributed by atoms with Gasteiger partial charge in [-0.05, 0) is 19.1 Å². The maximum Gasteiger partial charge on any atom is 0.362 e. The molecular formula is C12H13BrN2O3. The third-order valence-corrected chi connectivity index (χ3v) is 2.42. The van der Waals surface area contributed by atoms with Crippen molar-refractivity contribution in [1.29, 1.82) is 0 Å². The minimum absolute atomic E-state index is 0.106. The summed E-state index contributed by atoms with van der Waals surface area (Å²) in [6.45, 7) is 1.88. The molecule has 0 fully saturated rings. The van der Waals surface area contributed by atoms with Gasteiger partial charge < -0.3 is 9.84 Å². The molecule has 0 aliphatic carbocycles. The van der Waals surface area contributed by atoms with Crippen LogP contribution in [0.25, 0.3) is 0 Å². The van der Waals surface area contributed by atoms with Crippen molar-refractivity contribution in [2.45, 2.75) is 6.92 Å². The summed E-state index contributed by atoms with van der Waals surface area (Å²) in [5.74, 6) is -0.915. The lowest BCUT2D eigenvalue weighted by atomic mass is 10.3. The summed E-state index contributed by atoms with van der Waals surface area (Å²) in [7, 11) is 0. The Balaban J connectivity index is 2.93. The zero-order valence-electron chi connectivity index (χ0n) is 9.84. The molecule has 0 atom stereocenters. The molecule has 96 valence electrons. The van der Waals surface area contributed by atoms with Gasteiger partial charge in [0, 0.05) is 0 Å². The molecule has 0 aromatic heterocycles. The van der Waals surface area contributed by atoms with Crippen molar-refractivity contribution in [3.63, 3.8) is 0 Å². The molecule has 0 aliphatic rings. The molecule has 1 aromatic rings. The monoisotopic (exact) mass is 312 g/mol. The fourth-order valence-corrected chi connectivity index (χ4v) is 1.35. The second kappa shape index (κ2) is 7.60.